The summed E-state index contributed by atoms with van der Waals surface area (Å²) in [5, 5.41) is 11.4. The number of aliphatic hydroxyl groups is 1. The largest absolute Gasteiger partial charge is 0.444 e. The van der Waals surface area contributed by atoms with E-state index in [1.165, 1.54) is 0 Å². The molecule has 1 fully saturated rings. The predicted octanol–water partition coefficient (Wildman–Crippen LogP) is 2.74. The molecule has 1 aliphatic rings. The van der Waals surface area contributed by atoms with E-state index < -0.39 is 17.2 Å². The summed E-state index contributed by atoms with van der Waals surface area (Å²) in [5.74, 6) is 4.80. The van der Waals surface area contributed by atoms with Crippen molar-refractivity contribution < 1.29 is 14.6 Å². The van der Waals surface area contributed by atoms with E-state index in [2.05, 4.69) is 11.8 Å². The lowest BCUT2D eigenvalue weighted by molar-refractivity contribution is -0.184. The van der Waals surface area contributed by atoms with Crippen LogP contribution in [0, 0.1) is 17.8 Å². The number of carbonyl (C=O) groups is 1. The molecule has 0 heterocycles. The molecular weight excluding hydrogens is 302 g/mol. The van der Waals surface area contributed by atoms with Crippen LogP contribution in [0.25, 0.3) is 0 Å². The summed E-state index contributed by atoms with van der Waals surface area (Å²) in [6.45, 7) is 3.62. The van der Waals surface area contributed by atoms with Gasteiger partial charge in [-0.15, -0.1) is 0 Å². The summed E-state index contributed by atoms with van der Waals surface area (Å²) in [5.41, 5.74) is 3.36. The maximum Gasteiger partial charge on any atom is 0.344 e. The smallest absolute Gasteiger partial charge is 0.344 e. The molecule has 0 amide bonds. The first kappa shape index (κ1) is 18.5. The Hall–Kier alpha value is -1.83. The van der Waals surface area contributed by atoms with Crippen LogP contribution in [-0.4, -0.2) is 23.2 Å². The van der Waals surface area contributed by atoms with Gasteiger partial charge in [0.15, 0.2) is 11.2 Å². The molecule has 24 heavy (non-hydrogen) atoms. The first-order valence-corrected chi connectivity index (χ1v) is 8.61. The Morgan fingerprint density at radius 2 is 1.88 bits per heavy atom. The van der Waals surface area contributed by atoms with E-state index in [-0.39, 0.29) is 12.5 Å². The highest BCUT2D eigenvalue weighted by Gasteiger charge is 2.48. The summed E-state index contributed by atoms with van der Waals surface area (Å²) in [6.07, 6.45) is 4.81. The number of hydrogen-bond donors (Lipinski definition) is 2. The van der Waals surface area contributed by atoms with Crippen LogP contribution in [0.1, 0.15) is 51.5 Å². The standard InChI is InChI=1S/C20H27NO3/c1-19(2,14-9-15-21)24-18(22)20(23,16-10-5-3-6-11-16)17-12-7-4-8-13-17/h3,5-6,10-11,17,23H,4,7-8,12-13,15,21H2,1-2H3. The van der Waals surface area contributed by atoms with Gasteiger partial charge in [-0.25, -0.2) is 4.79 Å². The van der Waals surface area contributed by atoms with Gasteiger partial charge in [0.25, 0.3) is 0 Å². The summed E-state index contributed by atoms with van der Waals surface area (Å²) >= 11 is 0. The van der Waals surface area contributed by atoms with Crippen molar-refractivity contribution in [2.75, 3.05) is 6.54 Å². The highest BCUT2D eigenvalue weighted by molar-refractivity contribution is 5.82. The minimum Gasteiger partial charge on any atom is -0.444 e. The van der Waals surface area contributed by atoms with Crippen molar-refractivity contribution >= 4 is 5.97 Å². The second kappa shape index (κ2) is 7.83. The normalized spacial score (nSPS) is 18.2. The number of esters is 1. The fourth-order valence-electron chi connectivity index (χ4n) is 3.33. The Kier molecular flexibility index (Phi) is 6.04. The molecule has 4 nitrogen and oxygen atoms in total. The number of carbonyl (C=O) groups excluding carboxylic acids is 1. The van der Waals surface area contributed by atoms with Crippen LogP contribution >= 0.6 is 0 Å². The minimum atomic E-state index is -1.64. The van der Waals surface area contributed by atoms with Gasteiger partial charge in [-0.1, -0.05) is 61.4 Å². The first-order chi connectivity index (χ1) is 11.4. The van der Waals surface area contributed by atoms with Gasteiger partial charge in [0.1, 0.15) is 0 Å². The molecule has 0 aromatic heterocycles. The third kappa shape index (κ3) is 4.17. The predicted molar refractivity (Wildman–Crippen MR) is 93.9 cm³/mol. The van der Waals surface area contributed by atoms with Crippen LogP contribution in [-0.2, 0) is 15.1 Å². The molecule has 1 aliphatic carbocycles. The summed E-state index contributed by atoms with van der Waals surface area (Å²) in [7, 11) is 0. The first-order valence-electron chi connectivity index (χ1n) is 8.61. The van der Waals surface area contributed by atoms with E-state index in [1.807, 2.05) is 18.2 Å². The molecular formula is C20H27NO3. The van der Waals surface area contributed by atoms with E-state index in [4.69, 9.17) is 10.5 Å². The third-order valence-corrected chi connectivity index (χ3v) is 4.56. The fourth-order valence-corrected chi connectivity index (χ4v) is 3.33. The molecule has 2 rings (SSSR count). The van der Waals surface area contributed by atoms with E-state index in [0.717, 1.165) is 32.1 Å². The van der Waals surface area contributed by atoms with Gasteiger partial charge in [-0.05, 0) is 32.3 Å². The average molecular weight is 329 g/mol. The van der Waals surface area contributed by atoms with Crippen LogP contribution in [0.2, 0.25) is 0 Å². The second-order valence-electron chi connectivity index (χ2n) is 6.87. The number of nitrogens with two attached hydrogens (primary N) is 1. The van der Waals surface area contributed by atoms with Crippen molar-refractivity contribution in [2.24, 2.45) is 11.7 Å². The molecule has 0 spiro atoms. The zero-order valence-electron chi connectivity index (χ0n) is 14.5. The van der Waals surface area contributed by atoms with Gasteiger partial charge in [-0.2, -0.15) is 0 Å². The number of rotatable bonds is 4. The molecule has 130 valence electrons. The molecule has 0 radical (unpaired) electrons. The molecule has 0 aliphatic heterocycles. The minimum absolute atomic E-state index is 0.139. The highest BCUT2D eigenvalue weighted by atomic mass is 16.6. The Morgan fingerprint density at radius 3 is 2.46 bits per heavy atom. The molecule has 1 saturated carbocycles. The van der Waals surface area contributed by atoms with Crippen LogP contribution in [0.3, 0.4) is 0 Å². The summed E-state index contributed by atoms with van der Waals surface area (Å²) < 4.78 is 5.59. The maximum absolute atomic E-state index is 13.0. The van der Waals surface area contributed by atoms with Crippen LogP contribution in [0.4, 0.5) is 0 Å². The molecule has 0 bridgehead atoms. The van der Waals surface area contributed by atoms with Crippen molar-refractivity contribution in [3.8, 4) is 11.8 Å². The van der Waals surface area contributed by atoms with Gasteiger partial charge < -0.3 is 15.6 Å². The number of hydrogen-bond acceptors (Lipinski definition) is 4. The van der Waals surface area contributed by atoms with E-state index in [1.54, 1.807) is 26.0 Å². The number of ether oxygens (including phenoxy) is 1. The topological polar surface area (TPSA) is 72.5 Å². The Balaban J connectivity index is 2.33. The summed E-state index contributed by atoms with van der Waals surface area (Å²) in [4.78, 5) is 13.0. The van der Waals surface area contributed by atoms with Gasteiger partial charge >= 0.3 is 5.97 Å². The van der Waals surface area contributed by atoms with Gasteiger partial charge in [0.2, 0.25) is 0 Å². The highest BCUT2D eigenvalue weighted by Crippen LogP contribution is 2.41. The van der Waals surface area contributed by atoms with E-state index >= 15 is 0 Å². The molecule has 4 heteroatoms. The van der Waals surface area contributed by atoms with Gasteiger partial charge in [0.05, 0.1) is 6.54 Å². The molecule has 0 saturated heterocycles. The zero-order chi connectivity index (χ0) is 17.6. The Labute approximate surface area is 144 Å². The van der Waals surface area contributed by atoms with Crippen molar-refractivity contribution in [3.63, 3.8) is 0 Å². The lowest BCUT2D eigenvalue weighted by Gasteiger charge is -2.38. The summed E-state index contributed by atoms with van der Waals surface area (Å²) in [6, 6.07) is 9.10. The van der Waals surface area contributed by atoms with Gasteiger partial charge in [0, 0.05) is 5.92 Å². The average Bonchev–Trinajstić information content (AvgIpc) is 2.60. The van der Waals surface area contributed by atoms with Crippen LogP contribution < -0.4 is 5.73 Å². The van der Waals surface area contributed by atoms with E-state index in [0.29, 0.717) is 5.56 Å². The second-order valence-corrected chi connectivity index (χ2v) is 6.87. The molecule has 1 unspecified atom stereocenters. The monoisotopic (exact) mass is 329 g/mol. The molecule has 3 N–H and O–H groups in total. The van der Waals surface area contributed by atoms with Crippen LogP contribution in [0.15, 0.2) is 30.3 Å². The lowest BCUT2D eigenvalue weighted by atomic mass is 9.73. The van der Waals surface area contributed by atoms with Crippen molar-refractivity contribution in [2.45, 2.75) is 57.2 Å². The Morgan fingerprint density at radius 1 is 1.25 bits per heavy atom. The molecule has 1 atom stereocenters. The lowest BCUT2D eigenvalue weighted by Crippen LogP contribution is -2.47. The van der Waals surface area contributed by atoms with E-state index in [9.17, 15) is 9.90 Å². The Bertz CT molecular complexity index is 609. The van der Waals surface area contributed by atoms with Crippen molar-refractivity contribution in [1.82, 2.24) is 0 Å². The van der Waals surface area contributed by atoms with Crippen molar-refractivity contribution in [3.05, 3.63) is 35.9 Å². The fraction of sp³-hybridized carbons (Fsp3) is 0.550. The van der Waals surface area contributed by atoms with Crippen LogP contribution in [0.5, 0.6) is 0 Å². The molecule has 1 aromatic rings. The third-order valence-electron chi connectivity index (χ3n) is 4.56. The zero-order valence-corrected chi connectivity index (χ0v) is 14.5. The number of benzene rings is 1. The van der Waals surface area contributed by atoms with Crippen molar-refractivity contribution in [1.29, 1.82) is 0 Å². The van der Waals surface area contributed by atoms with Gasteiger partial charge in [-0.3, -0.25) is 0 Å². The quantitative estimate of drug-likeness (QED) is 0.658. The SMILES string of the molecule is CC(C)(C#CCN)OC(=O)C(O)(c1ccccc1)C1CCCCC1. The maximum atomic E-state index is 13.0. The molecule has 1 aromatic carbocycles.